The van der Waals surface area contributed by atoms with Gasteiger partial charge in [-0.15, -0.1) is 0 Å². The second-order valence-corrected chi connectivity index (χ2v) is 6.45. The van der Waals surface area contributed by atoms with E-state index in [2.05, 4.69) is 24.5 Å². The second-order valence-electron chi connectivity index (χ2n) is 6.45. The molecule has 2 N–H and O–H groups in total. The Morgan fingerprint density at radius 1 is 1.05 bits per heavy atom. The molecule has 1 rings (SSSR count). The van der Waals surface area contributed by atoms with Crippen molar-refractivity contribution in [2.45, 2.75) is 59.5 Å². The molecule has 0 aliphatic rings. The van der Waals surface area contributed by atoms with E-state index in [-0.39, 0.29) is 17.9 Å². The van der Waals surface area contributed by atoms with Crippen LogP contribution in [-0.4, -0.2) is 23.9 Å². The molecule has 0 radical (unpaired) electrons. The molecular formula is C18H28N2O2. The fraction of sp³-hybridized carbons (Fsp3) is 0.556. The number of carbonyl (C=O) groups excluding carboxylic acids is 2. The normalized spacial score (nSPS) is 13.5. The molecule has 0 heterocycles. The number of hydrogen-bond acceptors (Lipinski definition) is 2. The van der Waals surface area contributed by atoms with Gasteiger partial charge in [0.1, 0.15) is 6.04 Å². The highest BCUT2D eigenvalue weighted by Crippen LogP contribution is 2.07. The van der Waals surface area contributed by atoms with Gasteiger partial charge in [-0.25, -0.2) is 0 Å². The molecule has 1 aromatic rings. The van der Waals surface area contributed by atoms with E-state index in [9.17, 15) is 9.59 Å². The smallest absolute Gasteiger partial charge is 0.251 e. The van der Waals surface area contributed by atoms with Gasteiger partial charge in [0.25, 0.3) is 5.91 Å². The van der Waals surface area contributed by atoms with Crippen molar-refractivity contribution in [1.82, 2.24) is 10.6 Å². The molecule has 0 aliphatic carbocycles. The average Bonchev–Trinajstić information content (AvgIpc) is 2.44. The average molecular weight is 304 g/mol. The number of aryl methyl sites for hydroxylation is 1. The summed E-state index contributed by atoms with van der Waals surface area (Å²) in [7, 11) is 0. The molecule has 0 aromatic heterocycles. The molecule has 4 nitrogen and oxygen atoms in total. The van der Waals surface area contributed by atoms with Crippen molar-refractivity contribution in [3.63, 3.8) is 0 Å². The Bertz CT molecular complexity index is 512. The predicted molar refractivity (Wildman–Crippen MR) is 89.8 cm³/mol. The highest BCUT2D eigenvalue weighted by Gasteiger charge is 2.18. The topological polar surface area (TPSA) is 58.2 Å². The van der Waals surface area contributed by atoms with E-state index in [1.807, 2.05) is 32.0 Å². The molecule has 2 unspecified atom stereocenters. The van der Waals surface area contributed by atoms with Crippen molar-refractivity contribution in [3.8, 4) is 0 Å². The second kappa shape index (κ2) is 8.57. The van der Waals surface area contributed by atoms with Crippen molar-refractivity contribution in [3.05, 3.63) is 35.4 Å². The van der Waals surface area contributed by atoms with Crippen LogP contribution in [0.5, 0.6) is 0 Å². The van der Waals surface area contributed by atoms with Gasteiger partial charge >= 0.3 is 0 Å². The van der Waals surface area contributed by atoms with Gasteiger partial charge in [0.15, 0.2) is 0 Å². The minimum Gasteiger partial charge on any atom is -0.352 e. The molecule has 2 amide bonds. The first-order chi connectivity index (χ1) is 10.3. The molecule has 122 valence electrons. The van der Waals surface area contributed by atoms with Crippen molar-refractivity contribution >= 4 is 11.8 Å². The number of hydrogen-bond donors (Lipinski definition) is 2. The molecule has 22 heavy (non-hydrogen) atoms. The maximum Gasteiger partial charge on any atom is 0.251 e. The van der Waals surface area contributed by atoms with Crippen LogP contribution in [0.1, 0.15) is 56.5 Å². The Balaban J connectivity index is 2.48. The third-order valence-electron chi connectivity index (χ3n) is 3.59. The van der Waals surface area contributed by atoms with E-state index in [1.165, 1.54) is 0 Å². The first kappa shape index (κ1) is 18.2. The van der Waals surface area contributed by atoms with Crippen molar-refractivity contribution in [1.29, 1.82) is 0 Å². The molecule has 0 aliphatic heterocycles. The van der Waals surface area contributed by atoms with Gasteiger partial charge in [-0.2, -0.15) is 0 Å². The molecule has 0 saturated carbocycles. The van der Waals surface area contributed by atoms with E-state index in [0.29, 0.717) is 11.5 Å². The monoisotopic (exact) mass is 304 g/mol. The minimum atomic E-state index is -0.547. The zero-order valence-electron chi connectivity index (χ0n) is 14.3. The van der Waals surface area contributed by atoms with Crippen molar-refractivity contribution in [2.75, 3.05) is 0 Å². The van der Waals surface area contributed by atoms with Gasteiger partial charge in [-0.05, 0) is 51.7 Å². The first-order valence-electron chi connectivity index (χ1n) is 7.97. The number of benzene rings is 1. The van der Waals surface area contributed by atoms with Crippen LogP contribution in [0.15, 0.2) is 24.3 Å². The standard InChI is InChI=1S/C18H28N2O2/c1-12(2)9-10-14(4)19-17(21)15(5)20-18(22)16-8-6-7-13(3)11-16/h6-8,11-12,14-15H,9-10H2,1-5H3,(H,19,21)(H,20,22). The van der Waals surface area contributed by atoms with Crippen LogP contribution in [0.4, 0.5) is 0 Å². The number of carbonyl (C=O) groups is 2. The minimum absolute atomic E-state index is 0.119. The van der Waals surface area contributed by atoms with Crippen molar-refractivity contribution in [2.24, 2.45) is 5.92 Å². The fourth-order valence-corrected chi connectivity index (χ4v) is 2.16. The van der Waals surface area contributed by atoms with E-state index in [1.54, 1.807) is 13.0 Å². The Morgan fingerprint density at radius 3 is 2.32 bits per heavy atom. The molecule has 0 saturated heterocycles. The maximum absolute atomic E-state index is 12.1. The lowest BCUT2D eigenvalue weighted by Gasteiger charge is -2.19. The van der Waals surface area contributed by atoms with Crippen LogP contribution >= 0.6 is 0 Å². The molecule has 4 heteroatoms. The zero-order valence-corrected chi connectivity index (χ0v) is 14.3. The lowest BCUT2D eigenvalue weighted by atomic mass is 10.0. The number of nitrogens with one attached hydrogen (secondary N) is 2. The van der Waals surface area contributed by atoms with Crippen LogP contribution < -0.4 is 10.6 Å². The SMILES string of the molecule is Cc1cccc(C(=O)NC(C)C(=O)NC(C)CCC(C)C)c1. The fourth-order valence-electron chi connectivity index (χ4n) is 2.16. The Hall–Kier alpha value is -1.84. The van der Waals surface area contributed by atoms with Gasteiger partial charge in [0.2, 0.25) is 5.91 Å². The third-order valence-corrected chi connectivity index (χ3v) is 3.59. The zero-order chi connectivity index (χ0) is 16.7. The summed E-state index contributed by atoms with van der Waals surface area (Å²) < 4.78 is 0. The van der Waals surface area contributed by atoms with Crippen molar-refractivity contribution < 1.29 is 9.59 Å². The lowest BCUT2D eigenvalue weighted by Crippen LogP contribution is -2.47. The molecular weight excluding hydrogens is 276 g/mol. The van der Waals surface area contributed by atoms with Gasteiger partial charge in [-0.1, -0.05) is 31.5 Å². The maximum atomic E-state index is 12.1. The summed E-state index contributed by atoms with van der Waals surface area (Å²) in [5.41, 5.74) is 1.60. The lowest BCUT2D eigenvalue weighted by molar-refractivity contribution is -0.123. The van der Waals surface area contributed by atoms with E-state index < -0.39 is 6.04 Å². The summed E-state index contributed by atoms with van der Waals surface area (Å²) >= 11 is 0. The van der Waals surface area contributed by atoms with Gasteiger partial charge < -0.3 is 10.6 Å². The highest BCUT2D eigenvalue weighted by molar-refractivity contribution is 5.97. The summed E-state index contributed by atoms with van der Waals surface area (Å²) in [5, 5.41) is 5.69. The molecule has 2 atom stereocenters. The molecule has 0 fully saturated rings. The summed E-state index contributed by atoms with van der Waals surface area (Å²) in [6.07, 6.45) is 2.02. The summed E-state index contributed by atoms with van der Waals surface area (Å²) in [5.74, 6) is 0.260. The Labute approximate surface area is 133 Å². The summed E-state index contributed by atoms with van der Waals surface area (Å²) in [4.78, 5) is 24.2. The summed E-state index contributed by atoms with van der Waals surface area (Å²) in [6, 6.07) is 6.90. The molecule has 1 aromatic carbocycles. The van der Waals surface area contributed by atoms with Crippen LogP contribution in [0, 0.1) is 12.8 Å². The van der Waals surface area contributed by atoms with Gasteiger partial charge in [0.05, 0.1) is 0 Å². The van der Waals surface area contributed by atoms with Crippen LogP contribution in [0.2, 0.25) is 0 Å². The number of amides is 2. The first-order valence-corrected chi connectivity index (χ1v) is 7.97. The predicted octanol–water partition coefficient (Wildman–Crippen LogP) is 3.05. The molecule has 0 spiro atoms. The van der Waals surface area contributed by atoms with Crippen LogP contribution in [0.3, 0.4) is 0 Å². The quantitative estimate of drug-likeness (QED) is 0.813. The van der Waals surface area contributed by atoms with E-state index in [0.717, 1.165) is 18.4 Å². The van der Waals surface area contributed by atoms with Crippen LogP contribution in [-0.2, 0) is 4.79 Å². The Morgan fingerprint density at radius 2 is 1.73 bits per heavy atom. The largest absolute Gasteiger partial charge is 0.352 e. The summed E-state index contributed by atoms with van der Waals surface area (Å²) in [6.45, 7) is 9.97. The van der Waals surface area contributed by atoms with E-state index >= 15 is 0 Å². The Kier molecular flexibility index (Phi) is 7.09. The van der Waals surface area contributed by atoms with E-state index in [4.69, 9.17) is 0 Å². The number of rotatable bonds is 7. The van der Waals surface area contributed by atoms with Gasteiger partial charge in [0, 0.05) is 11.6 Å². The van der Waals surface area contributed by atoms with Crippen LogP contribution in [0.25, 0.3) is 0 Å². The highest BCUT2D eigenvalue weighted by atomic mass is 16.2. The van der Waals surface area contributed by atoms with Gasteiger partial charge in [-0.3, -0.25) is 9.59 Å². The third kappa shape index (κ3) is 6.29. The molecule has 0 bridgehead atoms.